The molecular weight excluding hydrogens is 474 g/mol. The fraction of sp³-hybridized carbons (Fsp3) is 0.630. The van der Waals surface area contributed by atoms with E-state index >= 15 is 0 Å². The number of likely N-dealkylation sites (tertiary alicyclic amines) is 1. The Morgan fingerprint density at radius 3 is 2.27 bits per heavy atom. The van der Waals surface area contributed by atoms with Gasteiger partial charge in [0.05, 0.1) is 12.1 Å². The molecule has 1 aromatic rings. The molecule has 4 amide bonds. The van der Waals surface area contributed by atoms with Crippen molar-refractivity contribution in [2.45, 2.75) is 85.2 Å². The second-order valence-electron chi connectivity index (χ2n) is 10.4. The first-order valence-corrected chi connectivity index (χ1v) is 13.0. The summed E-state index contributed by atoms with van der Waals surface area (Å²) in [4.78, 5) is 52.7. The summed E-state index contributed by atoms with van der Waals surface area (Å²) in [5.74, 6) is -0.489. The summed E-state index contributed by atoms with van der Waals surface area (Å²) in [7, 11) is 1.73. The summed E-state index contributed by atoms with van der Waals surface area (Å²) in [6, 6.07) is 6.02. The lowest BCUT2D eigenvalue weighted by Gasteiger charge is -2.27. The van der Waals surface area contributed by atoms with Gasteiger partial charge in [0.1, 0.15) is 12.6 Å². The van der Waals surface area contributed by atoms with E-state index in [1.165, 1.54) is 6.92 Å². The molecule has 0 aliphatic carbocycles. The number of nitrogens with one attached hydrogen (secondary N) is 3. The Labute approximate surface area is 220 Å². The van der Waals surface area contributed by atoms with Crippen molar-refractivity contribution in [3.8, 4) is 0 Å². The number of amides is 4. The number of likely N-dealkylation sites (N-methyl/N-ethyl adjacent to an activating group) is 1. The zero-order chi connectivity index (χ0) is 27.7. The Bertz CT molecular complexity index is 934. The van der Waals surface area contributed by atoms with Crippen molar-refractivity contribution >= 4 is 29.5 Å². The van der Waals surface area contributed by atoms with Gasteiger partial charge in [0, 0.05) is 38.8 Å². The van der Waals surface area contributed by atoms with Gasteiger partial charge in [-0.2, -0.15) is 0 Å². The number of rotatable bonds is 11. The van der Waals surface area contributed by atoms with Crippen LogP contribution in [-0.2, 0) is 25.7 Å². The molecule has 1 unspecified atom stereocenters. The topological polar surface area (TPSA) is 120 Å². The Morgan fingerprint density at radius 2 is 1.70 bits per heavy atom. The number of carbonyl (C=O) groups is 4. The van der Waals surface area contributed by atoms with E-state index in [-0.39, 0.29) is 48.4 Å². The predicted molar refractivity (Wildman–Crippen MR) is 143 cm³/mol. The molecule has 1 aromatic carbocycles. The normalized spacial score (nSPS) is 16.9. The number of nitrogens with zero attached hydrogens (tertiary/aromatic N) is 2. The van der Waals surface area contributed by atoms with E-state index in [4.69, 9.17) is 4.74 Å². The molecule has 3 N–H and O–H groups in total. The van der Waals surface area contributed by atoms with E-state index in [0.717, 1.165) is 18.4 Å². The smallest absolute Gasteiger partial charge is 0.410 e. The summed E-state index contributed by atoms with van der Waals surface area (Å²) < 4.78 is 5.50. The molecule has 2 rings (SSSR count). The molecule has 1 saturated heterocycles. The summed E-state index contributed by atoms with van der Waals surface area (Å²) in [6.07, 6.45) is 1.32. The molecule has 206 valence electrons. The minimum atomic E-state index is -0.709. The van der Waals surface area contributed by atoms with Gasteiger partial charge in [-0.05, 0) is 43.4 Å². The summed E-state index contributed by atoms with van der Waals surface area (Å²) >= 11 is 0. The molecule has 0 spiro atoms. The van der Waals surface area contributed by atoms with Crippen LogP contribution in [0.2, 0.25) is 0 Å². The standard InChI is InChI=1S/C27H43N5O5/c1-17(2)24(28-18(3)4)26(35)29-19(5)25(34)30-22-12-10-21(11-13-22)16-37-27(36)32-14-8-9-23(32)15-31(7)20(6)33/h10-13,17-19,23-24,28H,8-9,14-16H2,1-7H3,(H,29,35)(H,30,34)/t19-,23-,24?/m0/s1. The molecule has 0 saturated carbocycles. The molecule has 0 bridgehead atoms. The van der Waals surface area contributed by atoms with Crippen LogP contribution in [0.25, 0.3) is 0 Å². The van der Waals surface area contributed by atoms with E-state index < -0.39 is 12.1 Å². The Morgan fingerprint density at radius 1 is 1.05 bits per heavy atom. The molecule has 10 heteroatoms. The molecule has 1 aliphatic rings. The van der Waals surface area contributed by atoms with Crippen LogP contribution in [0, 0.1) is 5.92 Å². The SMILES string of the molecule is CC(=O)N(C)C[C@@H]1CCCN1C(=O)OCc1ccc(NC(=O)[C@H](C)NC(=O)C(NC(C)C)C(C)C)cc1. The van der Waals surface area contributed by atoms with E-state index in [0.29, 0.717) is 18.8 Å². The largest absolute Gasteiger partial charge is 0.445 e. The van der Waals surface area contributed by atoms with Gasteiger partial charge in [0.25, 0.3) is 0 Å². The molecule has 1 aliphatic heterocycles. The van der Waals surface area contributed by atoms with Crippen LogP contribution in [0.5, 0.6) is 0 Å². The van der Waals surface area contributed by atoms with Crippen LogP contribution < -0.4 is 16.0 Å². The van der Waals surface area contributed by atoms with E-state index in [1.54, 1.807) is 48.0 Å². The van der Waals surface area contributed by atoms with Gasteiger partial charge in [-0.1, -0.05) is 39.8 Å². The summed E-state index contributed by atoms with van der Waals surface area (Å²) in [6.45, 7) is 12.2. The van der Waals surface area contributed by atoms with Crippen LogP contribution >= 0.6 is 0 Å². The van der Waals surface area contributed by atoms with Crippen LogP contribution in [0.3, 0.4) is 0 Å². The highest BCUT2D eigenvalue weighted by atomic mass is 16.6. The molecule has 37 heavy (non-hydrogen) atoms. The first-order chi connectivity index (χ1) is 17.4. The van der Waals surface area contributed by atoms with Crippen LogP contribution in [-0.4, -0.2) is 77.9 Å². The average Bonchev–Trinajstić information content (AvgIpc) is 3.29. The van der Waals surface area contributed by atoms with Crippen molar-refractivity contribution in [2.24, 2.45) is 5.92 Å². The van der Waals surface area contributed by atoms with Crippen LogP contribution in [0.15, 0.2) is 24.3 Å². The minimum Gasteiger partial charge on any atom is -0.445 e. The third-order valence-electron chi connectivity index (χ3n) is 6.43. The summed E-state index contributed by atoms with van der Waals surface area (Å²) in [5, 5.41) is 8.82. The molecule has 10 nitrogen and oxygen atoms in total. The van der Waals surface area contributed by atoms with Crippen molar-refractivity contribution < 1.29 is 23.9 Å². The van der Waals surface area contributed by atoms with Crippen molar-refractivity contribution in [3.05, 3.63) is 29.8 Å². The quantitative estimate of drug-likeness (QED) is 0.415. The highest BCUT2D eigenvalue weighted by Crippen LogP contribution is 2.20. The minimum absolute atomic E-state index is 0.0351. The number of anilines is 1. The van der Waals surface area contributed by atoms with Gasteiger partial charge < -0.3 is 30.5 Å². The van der Waals surface area contributed by atoms with Gasteiger partial charge in [-0.15, -0.1) is 0 Å². The van der Waals surface area contributed by atoms with Crippen LogP contribution in [0.4, 0.5) is 10.5 Å². The number of hydrogen-bond acceptors (Lipinski definition) is 6. The predicted octanol–water partition coefficient (Wildman–Crippen LogP) is 2.73. The molecular formula is C27H43N5O5. The van der Waals surface area contributed by atoms with Gasteiger partial charge in [-0.25, -0.2) is 4.79 Å². The number of hydrogen-bond donors (Lipinski definition) is 3. The van der Waals surface area contributed by atoms with Gasteiger partial charge in [0.15, 0.2) is 0 Å². The lowest BCUT2D eigenvalue weighted by molar-refractivity contribution is -0.128. The zero-order valence-corrected chi connectivity index (χ0v) is 23.2. The monoisotopic (exact) mass is 517 g/mol. The molecule has 0 aromatic heterocycles. The van der Waals surface area contributed by atoms with E-state index in [2.05, 4.69) is 16.0 Å². The van der Waals surface area contributed by atoms with Gasteiger partial charge in [-0.3, -0.25) is 14.4 Å². The molecule has 0 radical (unpaired) electrons. The van der Waals surface area contributed by atoms with Crippen molar-refractivity contribution in [2.75, 3.05) is 25.5 Å². The van der Waals surface area contributed by atoms with Gasteiger partial charge in [0.2, 0.25) is 17.7 Å². The Kier molecular flexibility index (Phi) is 11.4. The maximum Gasteiger partial charge on any atom is 0.410 e. The lowest BCUT2D eigenvalue weighted by atomic mass is 10.0. The third-order valence-corrected chi connectivity index (χ3v) is 6.43. The van der Waals surface area contributed by atoms with Gasteiger partial charge >= 0.3 is 6.09 Å². The zero-order valence-electron chi connectivity index (χ0n) is 23.2. The number of ether oxygens (including phenoxy) is 1. The second-order valence-corrected chi connectivity index (χ2v) is 10.4. The van der Waals surface area contributed by atoms with Crippen molar-refractivity contribution in [3.63, 3.8) is 0 Å². The highest BCUT2D eigenvalue weighted by Gasteiger charge is 2.31. The van der Waals surface area contributed by atoms with E-state index in [9.17, 15) is 19.2 Å². The molecule has 3 atom stereocenters. The number of benzene rings is 1. The fourth-order valence-corrected chi connectivity index (χ4v) is 4.17. The maximum atomic E-state index is 12.6. The first-order valence-electron chi connectivity index (χ1n) is 13.0. The third kappa shape index (κ3) is 9.35. The average molecular weight is 518 g/mol. The van der Waals surface area contributed by atoms with E-state index in [1.807, 2.05) is 27.7 Å². The molecule has 1 heterocycles. The summed E-state index contributed by atoms with van der Waals surface area (Å²) in [5.41, 5.74) is 1.36. The Balaban J connectivity index is 1.85. The lowest BCUT2D eigenvalue weighted by Crippen LogP contribution is -2.53. The molecule has 1 fully saturated rings. The fourth-order valence-electron chi connectivity index (χ4n) is 4.17. The number of carbonyl (C=O) groups excluding carboxylic acids is 4. The maximum absolute atomic E-state index is 12.6. The van der Waals surface area contributed by atoms with Crippen LogP contribution in [0.1, 0.15) is 59.9 Å². The van der Waals surface area contributed by atoms with Crippen molar-refractivity contribution in [1.29, 1.82) is 0 Å². The second kappa shape index (κ2) is 14.0. The Hall–Kier alpha value is -3.14. The first kappa shape index (κ1) is 30.1. The van der Waals surface area contributed by atoms with Crippen molar-refractivity contribution in [1.82, 2.24) is 20.4 Å². The highest BCUT2D eigenvalue weighted by molar-refractivity contribution is 5.97.